The van der Waals surface area contributed by atoms with Gasteiger partial charge in [-0.05, 0) is 18.1 Å². The Bertz CT molecular complexity index is 1470. The number of alkyl halides is 5. The molecule has 1 aliphatic carbocycles. The number of hydrogen-bond donors (Lipinski definition) is 0. The minimum Gasteiger partial charge on any atom is -0.429 e. The van der Waals surface area contributed by atoms with Gasteiger partial charge in [0.05, 0.1) is 5.56 Å². The van der Waals surface area contributed by atoms with Crippen molar-refractivity contribution in [3.8, 4) is 33.8 Å². The fourth-order valence-corrected chi connectivity index (χ4v) is 4.87. The quantitative estimate of drug-likeness (QED) is 0.136. The molecule has 0 spiro atoms. The third-order valence-corrected chi connectivity index (χ3v) is 7.17. The first kappa shape index (κ1) is 43.5. The van der Waals surface area contributed by atoms with Gasteiger partial charge in [-0.15, -0.1) is 25.3 Å². The predicted octanol–water partition coefficient (Wildman–Crippen LogP) is 9.67. The smallest absolute Gasteiger partial charge is 0.429 e. The van der Waals surface area contributed by atoms with E-state index < -0.39 is 35.4 Å². The van der Waals surface area contributed by atoms with Crippen LogP contribution in [-0.2, 0) is 137 Å². The number of rotatable bonds is 7. The van der Waals surface area contributed by atoms with Gasteiger partial charge in [-0.2, -0.15) is 14.3 Å². The molecule has 4 aromatic carbocycles. The Kier molecular flexibility index (Phi) is 18.4. The van der Waals surface area contributed by atoms with Gasteiger partial charge in [0.2, 0.25) is 0 Å². The van der Waals surface area contributed by atoms with Gasteiger partial charge in [-0.25, -0.2) is 39.8 Å². The van der Waals surface area contributed by atoms with Gasteiger partial charge < -0.3 is 9.47 Å². The van der Waals surface area contributed by atoms with Crippen molar-refractivity contribution in [3.63, 3.8) is 0 Å². The third kappa shape index (κ3) is 12.1. The normalized spacial score (nSPS) is 16.2. The van der Waals surface area contributed by atoms with Crippen molar-refractivity contribution >= 4 is 0 Å². The van der Waals surface area contributed by atoms with E-state index in [0.29, 0.717) is 29.2 Å². The maximum atomic E-state index is 14.7. The van der Waals surface area contributed by atoms with E-state index in [9.17, 15) is 26.3 Å². The summed E-state index contributed by atoms with van der Waals surface area (Å²) in [6.45, 7) is 2.29. The van der Waals surface area contributed by atoms with Gasteiger partial charge in [-0.1, -0.05) is 50.7 Å². The number of halogens is 6. The van der Waals surface area contributed by atoms with Crippen molar-refractivity contribution in [2.45, 2.75) is 51.0 Å². The third-order valence-electron chi connectivity index (χ3n) is 7.17. The van der Waals surface area contributed by atoms with Gasteiger partial charge in [0.25, 0.3) is 0 Å². The van der Waals surface area contributed by atoms with Gasteiger partial charge in [0, 0.05) is 137 Å². The Morgan fingerprint density at radius 1 is 0.667 bits per heavy atom. The summed E-state index contributed by atoms with van der Waals surface area (Å²) in [6.07, 6.45) is -4.17. The van der Waals surface area contributed by atoms with Gasteiger partial charge in [0.15, 0.2) is 11.6 Å². The Labute approximate surface area is 360 Å². The summed E-state index contributed by atoms with van der Waals surface area (Å²) in [5, 5.41) is 0. The van der Waals surface area contributed by atoms with E-state index in [1.165, 1.54) is 43.4 Å². The molecule has 0 N–H and O–H groups in total. The SMILES string of the molecule is CC1CCC(c2c[c-]c(-c3c[c-]c(-c4ccc(C(F)(F)Oc5ccc(OC(F)(F)F)c(F)c5)cc4)[c-]c3)[c-]c2)CC1.[Y].[Y].[Y].[Y]. The molecular weight excluding hydrogens is 898 g/mol. The van der Waals surface area contributed by atoms with E-state index in [-0.39, 0.29) is 131 Å². The zero-order valence-corrected chi connectivity index (χ0v) is 35.6. The van der Waals surface area contributed by atoms with E-state index in [1.54, 1.807) is 12.1 Å². The Morgan fingerprint density at radius 2 is 1.20 bits per heavy atom. The maximum absolute atomic E-state index is 14.7. The minimum absolute atomic E-state index is 0. The van der Waals surface area contributed by atoms with E-state index in [0.717, 1.165) is 35.2 Å². The molecule has 226 valence electrons. The van der Waals surface area contributed by atoms with Gasteiger partial charge in [0.1, 0.15) is 5.75 Å². The van der Waals surface area contributed by atoms with Crippen molar-refractivity contribution in [3.05, 3.63) is 108 Å². The van der Waals surface area contributed by atoms with Crippen LogP contribution in [0.5, 0.6) is 11.5 Å². The van der Waals surface area contributed by atoms with E-state index in [1.807, 2.05) is 12.1 Å². The second-order valence-corrected chi connectivity index (χ2v) is 10.2. The molecule has 0 aliphatic heterocycles. The van der Waals surface area contributed by atoms with Crippen LogP contribution < -0.4 is 9.47 Å². The van der Waals surface area contributed by atoms with E-state index in [4.69, 9.17) is 0 Å². The van der Waals surface area contributed by atoms with Crippen LogP contribution in [0.15, 0.2) is 66.7 Å². The van der Waals surface area contributed by atoms with Gasteiger partial charge >= 0.3 is 12.5 Å². The minimum atomic E-state index is -5.13. The monoisotopic (exact) mass is 922 g/mol. The average molecular weight is 922 g/mol. The predicted molar refractivity (Wildman–Crippen MR) is 141 cm³/mol. The summed E-state index contributed by atoms with van der Waals surface area (Å²) >= 11 is 0. The summed E-state index contributed by atoms with van der Waals surface area (Å²) in [4.78, 5) is 0. The van der Waals surface area contributed by atoms with Crippen LogP contribution in [0.1, 0.15) is 49.7 Å². The first-order valence-corrected chi connectivity index (χ1v) is 13.1. The van der Waals surface area contributed by atoms with Crippen LogP contribution in [0.3, 0.4) is 0 Å². The Morgan fingerprint density at radius 3 is 1.73 bits per heavy atom. The molecule has 0 aromatic heterocycles. The molecule has 4 radical (unpaired) electrons. The molecule has 4 aromatic rings. The molecule has 0 heterocycles. The fourth-order valence-electron chi connectivity index (χ4n) is 4.87. The molecule has 12 heteroatoms. The molecule has 0 atom stereocenters. The summed E-state index contributed by atoms with van der Waals surface area (Å²) in [6, 6.07) is 27.3. The topological polar surface area (TPSA) is 18.5 Å². The van der Waals surface area contributed by atoms with Crippen LogP contribution in [0.25, 0.3) is 22.3 Å². The first-order valence-electron chi connectivity index (χ1n) is 13.1. The van der Waals surface area contributed by atoms with Crippen LogP contribution >= 0.6 is 0 Å². The second kappa shape index (κ2) is 19.0. The molecule has 0 bridgehead atoms. The zero-order valence-electron chi connectivity index (χ0n) is 24.2. The second-order valence-electron chi connectivity index (χ2n) is 10.2. The number of benzene rings is 4. The molecule has 5 rings (SSSR count). The fraction of sp³-hybridized carbons (Fsp3) is 0.273. The molecule has 0 saturated heterocycles. The van der Waals surface area contributed by atoms with Crippen LogP contribution in [0.2, 0.25) is 0 Å². The van der Waals surface area contributed by atoms with Crippen molar-refractivity contribution in [2.75, 3.05) is 0 Å². The molecule has 1 aliphatic rings. The van der Waals surface area contributed by atoms with Crippen molar-refractivity contribution in [1.82, 2.24) is 0 Å². The molecule has 0 amide bonds. The molecular formula is C33H24F6O2Y4-4. The number of hydrogen-bond acceptors (Lipinski definition) is 2. The number of ether oxygens (including phenoxy) is 2. The summed E-state index contributed by atoms with van der Waals surface area (Å²) in [7, 11) is 0. The molecule has 0 unspecified atom stereocenters. The molecule has 2 nitrogen and oxygen atoms in total. The standard InChI is InChI=1S/C33H24F6O2.4Y/c1-21-2-4-22(5-3-21)23-6-8-24(9-7-23)25-10-12-26(13-11-25)27-14-16-28(17-15-27)32(35,36)40-29-18-19-31(30(34)20-29)41-33(37,38)39;;;;/h6-7,10-11,14-22H,2-5H2,1H3;;;;/q-4;;;;. The van der Waals surface area contributed by atoms with Gasteiger partial charge in [-0.3, -0.25) is 35.4 Å². The molecule has 45 heavy (non-hydrogen) atoms. The Hall–Kier alpha value is 0.476. The van der Waals surface area contributed by atoms with Crippen LogP contribution in [0, 0.1) is 36.0 Å². The van der Waals surface area contributed by atoms with Crippen LogP contribution in [-0.4, -0.2) is 6.36 Å². The maximum Gasteiger partial charge on any atom is 0.573 e. The first-order chi connectivity index (χ1) is 19.5. The van der Waals surface area contributed by atoms with Crippen molar-refractivity contribution < 1.29 is 167 Å². The van der Waals surface area contributed by atoms with Crippen molar-refractivity contribution in [2.24, 2.45) is 5.92 Å². The van der Waals surface area contributed by atoms with Crippen LogP contribution in [0.4, 0.5) is 26.3 Å². The van der Waals surface area contributed by atoms with Crippen molar-refractivity contribution in [1.29, 1.82) is 0 Å². The zero-order chi connectivity index (χ0) is 29.2. The summed E-state index contributed by atoms with van der Waals surface area (Å²) in [5.74, 6) is -1.98. The summed E-state index contributed by atoms with van der Waals surface area (Å²) in [5.41, 5.74) is 3.46. The van der Waals surface area contributed by atoms with E-state index >= 15 is 0 Å². The van der Waals surface area contributed by atoms with E-state index in [2.05, 4.69) is 40.7 Å². The Balaban J connectivity index is 0.00000253. The largest absolute Gasteiger partial charge is 0.573 e. The summed E-state index contributed by atoms with van der Waals surface area (Å²) < 4.78 is 88.3. The average Bonchev–Trinajstić information content (AvgIpc) is 2.94. The molecule has 1 saturated carbocycles. The molecule has 1 fully saturated rings.